The number of benzene rings is 1. The van der Waals surface area contributed by atoms with Crippen LogP contribution in [0.5, 0.6) is 0 Å². The van der Waals surface area contributed by atoms with Crippen molar-refractivity contribution in [1.82, 2.24) is 5.32 Å². The summed E-state index contributed by atoms with van der Waals surface area (Å²) < 4.78 is 0.953. The molecule has 0 saturated heterocycles. The van der Waals surface area contributed by atoms with E-state index >= 15 is 0 Å². The molecule has 3 nitrogen and oxygen atoms in total. The summed E-state index contributed by atoms with van der Waals surface area (Å²) in [6, 6.07) is 5.47. The number of carbonyl (C=O) groups is 1. The lowest BCUT2D eigenvalue weighted by molar-refractivity contribution is -0.139. The molecular weight excluding hydrogens is 270 g/mol. The lowest BCUT2D eigenvalue weighted by Gasteiger charge is -2.15. The van der Waals surface area contributed by atoms with Gasteiger partial charge in [-0.15, -0.1) is 0 Å². The number of aryl methyl sites for hydroxylation is 1. The molecule has 0 bridgehead atoms. The number of hydrogen-bond acceptors (Lipinski definition) is 2. The van der Waals surface area contributed by atoms with Gasteiger partial charge in [0.1, 0.15) is 6.04 Å². The van der Waals surface area contributed by atoms with Gasteiger partial charge in [-0.1, -0.05) is 28.1 Å². The largest absolute Gasteiger partial charge is 0.480 e. The van der Waals surface area contributed by atoms with Crippen molar-refractivity contribution in [2.24, 2.45) is 0 Å². The zero-order valence-electron chi connectivity index (χ0n) is 9.03. The van der Waals surface area contributed by atoms with E-state index in [0.29, 0.717) is 6.04 Å². The van der Waals surface area contributed by atoms with Crippen molar-refractivity contribution in [3.05, 3.63) is 33.8 Å². The molecule has 0 amide bonds. The van der Waals surface area contributed by atoms with Gasteiger partial charge in [0.15, 0.2) is 0 Å². The Morgan fingerprint density at radius 3 is 2.75 bits per heavy atom. The second-order valence-electron chi connectivity index (χ2n) is 4.22. The molecular formula is C12H14BrNO2. The van der Waals surface area contributed by atoms with Gasteiger partial charge in [0.2, 0.25) is 0 Å². The number of aliphatic carboxylic acids is 1. The fraction of sp³-hybridized carbons (Fsp3) is 0.417. The highest BCUT2D eigenvalue weighted by atomic mass is 79.9. The first-order valence-corrected chi connectivity index (χ1v) is 6.12. The minimum absolute atomic E-state index is 0.376. The summed E-state index contributed by atoms with van der Waals surface area (Å²) in [4.78, 5) is 11.2. The molecule has 1 aromatic carbocycles. The Morgan fingerprint density at radius 2 is 2.25 bits per heavy atom. The molecule has 0 aromatic heterocycles. The van der Waals surface area contributed by atoms with E-state index in [-0.39, 0.29) is 0 Å². The molecule has 2 rings (SSSR count). The first-order valence-electron chi connectivity index (χ1n) is 5.33. The van der Waals surface area contributed by atoms with Gasteiger partial charge in [-0.25, -0.2) is 0 Å². The predicted molar refractivity (Wildman–Crippen MR) is 65.4 cm³/mol. The number of nitrogens with one attached hydrogen (secondary N) is 1. The normalized spacial score (nSPS) is 17.1. The third-order valence-electron chi connectivity index (χ3n) is 2.76. The van der Waals surface area contributed by atoms with Gasteiger partial charge in [-0.2, -0.15) is 0 Å². The Bertz CT molecular complexity index is 415. The number of hydrogen-bond donors (Lipinski definition) is 2. The van der Waals surface area contributed by atoms with Crippen LogP contribution in [-0.2, 0) is 4.79 Å². The number of halogens is 1. The molecule has 86 valence electrons. The topological polar surface area (TPSA) is 49.3 Å². The number of carboxylic acid groups (broad SMARTS) is 1. The zero-order valence-corrected chi connectivity index (χ0v) is 10.6. The van der Waals surface area contributed by atoms with Gasteiger partial charge in [-0.05, 0) is 37.0 Å². The maximum atomic E-state index is 11.2. The second kappa shape index (κ2) is 4.55. The van der Waals surface area contributed by atoms with Gasteiger partial charge in [0.25, 0.3) is 0 Å². The molecule has 0 spiro atoms. The minimum Gasteiger partial charge on any atom is -0.480 e. The van der Waals surface area contributed by atoms with Crippen LogP contribution in [0.1, 0.15) is 30.0 Å². The molecule has 1 atom stereocenters. The average Bonchev–Trinajstić information content (AvgIpc) is 3.02. The maximum Gasteiger partial charge on any atom is 0.325 e. The summed E-state index contributed by atoms with van der Waals surface area (Å²) in [6.07, 6.45) is 2.16. The van der Waals surface area contributed by atoms with Crippen LogP contribution in [0, 0.1) is 6.92 Å². The van der Waals surface area contributed by atoms with Gasteiger partial charge in [0.05, 0.1) is 0 Å². The number of rotatable bonds is 4. The third kappa shape index (κ3) is 2.62. The highest BCUT2D eigenvalue weighted by Crippen LogP contribution is 2.27. The first-order chi connectivity index (χ1) is 7.58. The number of carboxylic acids is 1. The molecule has 2 N–H and O–H groups in total. The summed E-state index contributed by atoms with van der Waals surface area (Å²) >= 11 is 3.42. The Balaban J connectivity index is 2.22. The van der Waals surface area contributed by atoms with E-state index in [1.165, 1.54) is 0 Å². The predicted octanol–water partition coefficient (Wildman–Crippen LogP) is 2.64. The third-order valence-corrected chi connectivity index (χ3v) is 3.61. The summed E-state index contributed by atoms with van der Waals surface area (Å²) in [5, 5.41) is 12.3. The highest BCUT2D eigenvalue weighted by Gasteiger charge is 2.29. The molecule has 0 aliphatic heterocycles. The first kappa shape index (κ1) is 11.6. The zero-order chi connectivity index (χ0) is 11.7. The molecule has 1 aliphatic carbocycles. The lowest BCUT2D eigenvalue weighted by atomic mass is 10.1. The van der Waals surface area contributed by atoms with E-state index in [4.69, 9.17) is 0 Å². The fourth-order valence-electron chi connectivity index (χ4n) is 1.58. The summed E-state index contributed by atoms with van der Waals surface area (Å²) in [7, 11) is 0. The van der Waals surface area contributed by atoms with Crippen LogP contribution in [0.15, 0.2) is 22.7 Å². The Morgan fingerprint density at radius 1 is 1.56 bits per heavy atom. The van der Waals surface area contributed by atoms with Crippen LogP contribution in [0.2, 0.25) is 0 Å². The molecule has 1 fully saturated rings. The van der Waals surface area contributed by atoms with Crippen LogP contribution >= 0.6 is 15.9 Å². The van der Waals surface area contributed by atoms with Crippen molar-refractivity contribution in [3.8, 4) is 0 Å². The molecule has 16 heavy (non-hydrogen) atoms. The molecule has 1 unspecified atom stereocenters. The van der Waals surface area contributed by atoms with Gasteiger partial charge < -0.3 is 5.11 Å². The van der Waals surface area contributed by atoms with Gasteiger partial charge >= 0.3 is 5.97 Å². The second-order valence-corrected chi connectivity index (χ2v) is 5.08. The van der Waals surface area contributed by atoms with E-state index < -0.39 is 12.0 Å². The van der Waals surface area contributed by atoms with Gasteiger partial charge in [-0.3, -0.25) is 10.1 Å². The smallest absolute Gasteiger partial charge is 0.325 e. The average molecular weight is 284 g/mol. The van der Waals surface area contributed by atoms with Crippen molar-refractivity contribution in [1.29, 1.82) is 0 Å². The monoisotopic (exact) mass is 283 g/mol. The van der Waals surface area contributed by atoms with E-state index in [1.807, 2.05) is 25.1 Å². The summed E-state index contributed by atoms with van der Waals surface area (Å²) in [5.74, 6) is -0.817. The maximum absolute atomic E-state index is 11.2. The van der Waals surface area contributed by atoms with Gasteiger partial charge in [0, 0.05) is 10.5 Å². The van der Waals surface area contributed by atoms with Crippen LogP contribution in [-0.4, -0.2) is 17.1 Å². The van der Waals surface area contributed by atoms with Crippen LogP contribution < -0.4 is 5.32 Å². The van der Waals surface area contributed by atoms with Crippen LogP contribution in [0.25, 0.3) is 0 Å². The molecule has 1 aliphatic rings. The van der Waals surface area contributed by atoms with Crippen molar-refractivity contribution >= 4 is 21.9 Å². The molecule has 0 radical (unpaired) electrons. The SMILES string of the molecule is Cc1ccc(C(NC2CC2)C(=O)O)cc1Br. The highest BCUT2D eigenvalue weighted by molar-refractivity contribution is 9.10. The standard InChI is InChI=1S/C12H14BrNO2/c1-7-2-3-8(6-10(7)13)11(12(15)16)14-9-4-5-9/h2-3,6,9,11,14H,4-5H2,1H3,(H,15,16). The van der Waals surface area contributed by atoms with Crippen molar-refractivity contribution in [2.45, 2.75) is 31.8 Å². The van der Waals surface area contributed by atoms with Crippen molar-refractivity contribution < 1.29 is 9.90 Å². The van der Waals surface area contributed by atoms with Crippen LogP contribution in [0.4, 0.5) is 0 Å². The van der Waals surface area contributed by atoms with E-state index in [1.54, 1.807) is 0 Å². The van der Waals surface area contributed by atoms with Crippen molar-refractivity contribution in [2.75, 3.05) is 0 Å². The Hall–Kier alpha value is -0.870. The summed E-state index contributed by atoms with van der Waals surface area (Å²) in [6.45, 7) is 1.98. The molecule has 1 aromatic rings. The van der Waals surface area contributed by atoms with E-state index in [9.17, 15) is 9.90 Å². The quantitative estimate of drug-likeness (QED) is 0.893. The van der Waals surface area contributed by atoms with Crippen molar-refractivity contribution in [3.63, 3.8) is 0 Å². The molecule has 0 heterocycles. The minimum atomic E-state index is -0.817. The molecule has 4 heteroatoms. The van der Waals surface area contributed by atoms with E-state index in [0.717, 1.165) is 28.4 Å². The lowest BCUT2D eigenvalue weighted by Crippen LogP contribution is -2.30. The Kier molecular flexibility index (Phi) is 3.30. The fourth-order valence-corrected chi connectivity index (χ4v) is 1.98. The molecule has 1 saturated carbocycles. The summed E-state index contributed by atoms with van der Waals surface area (Å²) in [5.41, 5.74) is 1.91. The van der Waals surface area contributed by atoms with Crippen LogP contribution in [0.3, 0.4) is 0 Å². The Labute approximate surface area is 103 Å². The van der Waals surface area contributed by atoms with E-state index in [2.05, 4.69) is 21.2 Å².